The summed E-state index contributed by atoms with van der Waals surface area (Å²) in [5.41, 5.74) is 0.936. The van der Waals surface area contributed by atoms with E-state index in [0.29, 0.717) is 24.0 Å². The van der Waals surface area contributed by atoms with E-state index in [9.17, 15) is 0 Å². The van der Waals surface area contributed by atoms with E-state index in [0.717, 1.165) is 16.4 Å². The van der Waals surface area contributed by atoms with Gasteiger partial charge in [-0.1, -0.05) is 6.07 Å². The summed E-state index contributed by atoms with van der Waals surface area (Å²) < 4.78 is 1.69. The second kappa shape index (κ2) is 6.20. The van der Waals surface area contributed by atoms with Crippen molar-refractivity contribution < 1.29 is 0 Å². The lowest BCUT2D eigenvalue weighted by Crippen LogP contribution is -2.06. The maximum Gasteiger partial charge on any atom is 0.191 e. The van der Waals surface area contributed by atoms with Gasteiger partial charge in [-0.15, -0.1) is 21.5 Å². The first-order valence-electron chi connectivity index (χ1n) is 7.33. The molecule has 0 aliphatic heterocycles. The van der Waals surface area contributed by atoms with Crippen molar-refractivity contribution in [2.45, 2.75) is 13.5 Å². The Kier molecular flexibility index (Phi) is 3.75. The molecule has 2 N–H and O–H groups in total. The van der Waals surface area contributed by atoms with Crippen LogP contribution in [0.25, 0.3) is 16.5 Å². The minimum Gasteiger partial charge on any atom is -0.361 e. The molecule has 120 valence electrons. The van der Waals surface area contributed by atoms with Gasteiger partial charge >= 0.3 is 0 Å². The number of H-pyrrole nitrogens is 1. The predicted molar refractivity (Wildman–Crippen MR) is 90.9 cm³/mol. The molecule has 4 aromatic heterocycles. The zero-order valence-electron chi connectivity index (χ0n) is 12.8. The first-order valence-corrected chi connectivity index (χ1v) is 8.21. The van der Waals surface area contributed by atoms with Crippen LogP contribution >= 0.6 is 11.3 Å². The molecule has 0 saturated carbocycles. The summed E-state index contributed by atoms with van der Waals surface area (Å²) in [6.07, 6.45) is 1.85. The highest BCUT2D eigenvalue weighted by Gasteiger charge is 2.07. The average Bonchev–Trinajstić information content (AvgIpc) is 3.34. The van der Waals surface area contributed by atoms with E-state index in [4.69, 9.17) is 0 Å². The van der Waals surface area contributed by atoms with Crippen molar-refractivity contribution in [3.05, 3.63) is 53.4 Å². The third-order valence-electron chi connectivity index (χ3n) is 3.32. The van der Waals surface area contributed by atoms with Gasteiger partial charge < -0.3 is 5.32 Å². The summed E-state index contributed by atoms with van der Waals surface area (Å²) >= 11 is 1.61. The van der Waals surface area contributed by atoms with Gasteiger partial charge in [0.1, 0.15) is 11.6 Å². The van der Waals surface area contributed by atoms with Gasteiger partial charge in [-0.25, -0.2) is 9.67 Å². The molecule has 9 heteroatoms. The van der Waals surface area contributed by atoms with E-state index >= 15 is 0 Å². The van der Waals surface area contributed by atoms with Gasteiger partial charge in [-0.3, -0.25) is 5.10 Å². The van der Waals surface area contributed by atoms with Crippen molar-refractivity contribution in [3.63, 3.8) is 0 Å². The topological polar surface area (TPSA) is 97.2 Å². The fourth-order valence-electron chi connectivity index (χ4n) is 2.15. The quantitative estimate of drug-likeness (QED) is 0.580. The first kappa shape index (κ1) is 14.5. The van der Waals surface area contributed by atoms with Crippen molar-refractivity contribution in [2.75, 3.05) is 5.32 Å². The Hall–Kier alpha value is -3.07. The minimum absolute atomic E-state index is 0.493. The van der Waals surface area contributed by atoms with Crippen molar-refractivity contribution in [1.82, 2.24) is 35.2 Å². The van der Waals surface area contributed by atoms with E-state index in [1.165, 1.54) is 0 Å². The summed E-state index contributed by atoms with van der Waals surface area (Å²) in [5, 5.41) is 24.9. The monoisotopic (exact) mass is 338 g/mol. The minimum atomic E-state index is 0.493. The third-order valence-corrected chi connectivity index (χ3v) is 4.18. The average molecular weight is 338 g/mol. The lowest BCUT2D eigenvalue weighted by Gasteiger charge is -2.03. The number of hydrogen-bond donors (Lipinski definition) is 2. The molecule has 0 saturated heterocycles. The largest absolute Gasteiger partial charge is 0.361 e. The van der Waals surface area contributed by atoms with Gasteiger partial charge in [0.2, 0.25) is 0 Å². The number of aromatic amines is 1. The number of aromatic nitrogens is 7. The van der Waals surface area contributed by atoms with Crippen LogP contribution < -0.4 is 5.32 Å². The Balaban J connectivity index is 1.41. The molecule has 0 unspecified atom stereocenters. The summed E-state index contributed by atoms with van der Waals surface area (Å²) in [4.78, 5) is 5.49. The van der Waals surface area contributed by atoms with Crippen molar-refractivity contribution >= 4 is 17.2 Å². The number of hydrogen-bond acceptors (Lipinski definition) is 7. The molecule has 0 aliphatic rings. The maximum atomic E-state index is 4.45. The Morgan fingerprint density at radius 3 is 2.88 bits per heavy atom. The summed E-state index contributed by atoms with van der Waals surface area (Å²) in [7, 11) is 0. The highest BCUT2D eigenvalue weighted by molar-refractivity contribution is 7.13. The van der Waals surface area contributed by atoms with Crippen LogP contribution in [0.15, 0.2) is 41.9 Å². The van der Waals surface area contributed by atoms with Gasteiger partial charge in [-0.2, -0.15) is 10.2 Å². The molecule has 0 bridgehead atoms. The van der Waals surface area contributed by atoms with E-state index in [1.807, 2.05) is 48.8 Å². The zero-order valence-corrected chi connectivity index (χ0v) is 13.7. The molecule has 0 aromatic carbocycles. The smallest absolute Gasteiger partial charge is 0.191 e. The molecule has 4 aromatic rings. The van der Waals surface area contributed by atoms with Crippen LogP contribution in [0, 0.1) is 6.92 Å². The molecule has 24 heavy (non-hydrogen) atoms. The number of anilines is 1. The van der Waals surface area contributed by atoms with E-state index in [1.54, 1.807) is 16.0 Å². The lowest BCUT2D eigenvalue weighted by molar-refractivity contribution is 0.802. The Labute approximate surface area is 141 Å². The first-order chi connectivity index (χ1) is 11.8. The van der Waals surface area contributed by atoms with Crippen LogP contribution in [0.3, 0.4) is 0 Å². The molecular formula is C15H14N8S. The number of thiophene rings is 1. The van der Waals surface area contributed by atoms with E-state index < -0.39 is 0 Å². The van der Waals surface area contributed by atoms with Crippen LogP contribution in [0.4, 0.5) is 5.82 Å². The second-order valence-corrected chi connectivity index (χ2v) is 6.06. The Morgan fingerprint density at radius 2 is 2.17 bits per heavy atom. The molecular weight excluding hydrogens is 324 g/mol. The predicted octanol–water partition coefficient (Wildman–Crippen LogP) is 2.43. The van der Waals surface area contributed by atoms with Crippen LogP contribution in [-0.2, 0) is 6.54 Å². The normalized spacial score (nSPS) is 10.9. The Morgan fingerprint density at radius 1 is 1.21 bits per heavy atom. The van der Waals surface area contributed by atoms with Crippen LogP contribution in [0.1, 0.15) is 11.5 Å². The molecule has 0 atom stereocenters. The van der Waals surface area contributed by atoms with Gasteiger partial charge in [0.15, 0.2) is 11.6 Å². The molecule has 8 nitrogen and oxygen atoms in total. The molecule has 0 amide bonds. The number of nitrogens with zero attached hydrogens (tertiary/aromatic N) is 6. The summed E-state index contributed by atoms with van der Waals surface area (Å²) in [6, 6.07) is 9.61. The molecule has 0 fully saturated rings. The Bertz CT molecular complexity index is 923. The number of nitrogens with one attached hydrogen (secondary N) is 2. The number of aryl methyl sites for hydroxylation is 1. The lowest BCUT2D eigenvalue weighted by atomic mass is 10.4. The third kappa shape index (κ3) is 3.01. The SMILES string of the molecule is Cc1ccn(-c2ccc(NCc3nc(-c4cccs4)n[nH]3)nn2)n1. The molecule has 0 radical (unpaired) electrons. The maximum absolute atomic E-state index is 4.45. The van der Waals surface area contributed by atoms with Gasteiger partial charge in [0.25, 0.3) is 0 Å². The highest BCUT2D eigenvalue weighted by Crippen LogP contribution is 2.20. The summed E-state index contributed by atoms with van der Waals surface area (Å²) in [5.74, 6) is 2.79. The van der Waals surface area contributed by atoms with Gasteiger partial charge in [0, 0.05) is 6.20 Å². The molecule has 0 spiro atoms. The van der Waals surface area contributed by atoms with Crippen LogP contribution in [0.5, 0.6) is 0 Å². The standard InChI is InChI=1S/C15H14N8S/c1-10-6-7-23(22-10)14-5-4-12(18-20-14)16-9-13-17-15(21-19-13)11-3-2-8-24-11/h2-8H,9H2,1H3,(H,16,18)(H,17,19,21). The van der Waals surface area contributed by atoms with Gasteiger partial charge in [-0.05, 0) is 36.6 Å². The second-order valence-electron chi connectivity index (χ2n) is 5.12. The van der Waals surface area contributed by atoms with Gasteiger partial charge in [0.05, 0.1) is 17.1 Å². The van der Waals surface area contributed by atoms with Crippen molar-refractivity contribution in [1.29, 1.82) is 0 Å². The molecule has 0 aliphatic carbocycles. The van der Waals surface area contributed by atoms with E-state index in [-0.39, 0.29) is 0 Å². The van der Waals surface area contributed by atoms with E-state index in [2.05, 4.69) is 35.8 Å². The fraction of sp³-hybridized carbons (Fsp3) is 0.133. The summed E-state index contributed by atoms with van der Waals surface area (Å²) in [6.45, 7) is 2.43. The van der Waals surface area contributed by atoms with Crippen LogP contribution in [0.2, 0.25) is 0 Å². The number of rotatable bonds is 5. The van der Waals surface area contributed by atoms with Crippen molar-refractivity contribution in [2.24, 2.45) is 0 Å². The van der Waals surface area contributed by atoms with Crippen LogP contribution in [-0.4, -0.2) is 35.2 Å². The zero-order chi connectivity index (χ0) is 16.4. The van der Waals surface area contributed by atoms with Crippen molar-refractivity contribution in [3.8, 4) is 16.5 Å². The molecule has 4 rings (SSSR count). The fourth-order valence-corrected chi connectivity index (χ4v) is 2.81. The molecule has 4 heterocycles. The highest BCUT2D eigenvalue weighted by atomic mass is 32.1.